The van der Waals surface area contributed by atoms with Crippen LogP contribution in [0.2, 0.25) is 0 Å². The molecule has 0 aromatic heterocycles. The summed E-state index contributed by atoms with van der Waals surface area (Å²) < 4.78 is 10.9. The van der Waals surface area contributed by atoms with Crippen molar-refractivity contribution >= 4 is 11.6 Å². The first-order valence-corrected chi connectivity index (χ1v) is 7.63. The third-order valence-electron chi connectivity index (χ3n) is 3.27. The van der Waals surface area contributed by atoms with Gasteiger partial charge in [0, 0.05) is 24.8 Å². The fraction of sp³-hybridized carbons (Fsp3) is 0.562. The molecule has 0 bridgehead atoms. The van der Waals surface area contributed by atoms with Crippen molar-refractivity contribution in [2.75, 3.05) is 32.1 Å². The Labute approximate surface area is 126 Å². The first-order chi connectivity index (χ1) is 10.3. The minimum atomic E-state index is 0.620. The van der Waals surface area contributed by atoms with Gasteiger partial charge in [-0.25, -0.2) is 0 Å². The van der Waals surface area contributed by atoms with Gasteiger partial charge in [0.1, 0.15) is 0 Å². The Bertz CT molecular complexity index is 484. The molecule has 116 valence electrons. The number of nitrogens with zero attached hydrogens (tertiary/aromatic N) is 1. The molecule has 5 heteroatoms. The number of hydrogen-bond donors (Lipinski definition) is 2. The predicted octanol–water partition coefficient (Wildman–Crippen LogP) is 2.88. The van der Waals surface area contributed by atoms with Crippen LogP contribution in [-0.2, 0) is 0 Å². The summed E-state index contributed by atoms with van der Waals surface area (Å²) in [6.45, 7) is 6.37. The molecule has 1 aromatic carbocycles. The molecule has 0 saturated heterocycles. The molecule has 1 fully saturated rings. The molecule has 1 aromatic rings. The zero-order valence-electron chi connectivity index (χ0n) is 13.1. The predicted molar refractivity (Wildman–Crippen MR) is 86.5 cm³/mol. The van der Waals surface area contributed by atoms with Crippen LogP contribution in [0.15, 0.2) is 23.2 Å². The Morgan fingerprint density at radius 1 is 1.29 bits per heavy atom. The zero-order valence-corrected chi connectivity index (χ0v) is 13.1. The van der Waals surface area contributed by atoms with E-state index in [9.17, 15) is 0 Å². The molecule has 0 radical (unpaired) electrons. The Kier molecular flexibility index (Phi) is 5.72. The van der Waals surface area contributed by atoms with Gasteiger partial charge in [-0.05, 0) is 44.7 Å². The maximum atomic E-state index is 5.52. The van der Waals surface area contributed by atoms with Crippen molar-refractivity contribution in [3.63, 3.8) is 0 Å². The molecular formula is C16H25N3O2. The third-order valence-corrected chi connectivity index (χ3v) is 3.27. The molecule has 0 heterocycles. The highest BCUT2D eigenvalue weighted by Crippen LogP contribution is 2.30. The van der Waals surface area contributed by atoms with E-state index in [4.69, 9.17) is 9.47 Å². The number of guanidine groups is 1. The van der Waals surface area contributed by atoms with E-state index < -0.39 is 0 Å². The second-order valence-electron chi connectivity index (χ2n) is 5.09. The van der Waals surface area contributed by atoms with Gasteiger partial charge in [0.2, 0.25) is 0 Å². The van der Waals surface area contributed by atoms with Crippen LogP contribution in [0.3, 0.4) is 0 Å². The smallest absolute Gasteiger partial charge is 0.195 e. The maximum absolute atomic E-state index is 5.52. The highest BCUT2D eigenvalue weighted by Gasteiger charge is 2.20. The number of benzene rings is 1. The van der Waals surface area contributed by atoms with Crippen LogP contribution < -0.4 is 20.1 Å². The molecule has 1 saturated carbocycles. The summed E-state index contributed by atoms with van der Waals surface area (Å²) in [6.07, 6.45) is 2.61. The number of aliphatic imine (C=N–C) groups is 1. The molecule has 1 aliphatic rings. The van der Waals surface area contributed by atoms with Gasteiger partial charge < -0.3 is 20.1 Å². The number of ether oxygens (including phenoxy) is 2. The van der Waals surface area contributed by atoms with Crippen molar-refractivity contribution in [2.24, 2.45) is 10.9 Å². The SMILES string of the molecule is CCNC(=NCC1CC1)Nc1ccc(OCC)c(OC)c1. The summed E-state index contributed by atoms with van der Waals surface area (Å²) in [5, 5.41) is 6.57. The second kappa shape index (κ2) is 7.76. The standard InChI is InChI=1S/C16H25N3O2/c1-4-17-16(18-11-12-6-7-12)19-13-8-9-14(21-5-2)15(10-13)20-3/h8-10,12H,4-7,11H2,1-3H3,(H2,17,18,19). The summed E-state index contributed by atoms with van der Waals surface area (Å²) in [6, 6.07) is 5.81. The molecule has 0 spiro atoms. The first-order valence-electron chi connectivity index (χ1n) is 7.63. The van der Waals surface area contributed by atoms with Crippen molar-refractivity contribution in [2.45, 2.75) is 26.7 Å². The van der Waals surface area contributed by atoms with E-state index >= 15 is 0 Å². The average molecular weight is 291 g/mol. The summed E-state index contributed by atoms with van der Waals surface area (Å²) >= 11 is 0. The molecule has 5 nitrogen and oxygen atoms in total. The van der Waals surface area contributed by atoms with Gasteiger partial charge in [-0.1, -0.05) is 0 Å². The Balaban J connectivity index is 2.06. The summed E-state index contributed by atoms with van der Waals surface area (Å²) in [4.78, 5) is 4.61. The maximum Gasteiger partial charge on any atom is 0.195 e. The van der Waals surface area contributed by atoms with Crippen molar-refractivity contribution < 1.29 is 9.47 Å². The first kappa shape index (κ1) is 15.5. The van der Waals surface area contributed by atoms with E-state index in [0.717, 1.165) is 42.2 Å². The molecule has 2 rings (SSSR count). The van der Waals surface area contributed by atoms with Gasteiger partial charge in [-0.2, -0.15) is 0 Å². The lowest BCUT2D eigenvalue weighted by Crippen LogP contribution is -2.30. The lowest BCUT2D eigenvalue weighted by atomic mass is 10.2. The van der Waals surface area contributed by atoms with Crippen molar-refractivity contribution in [1.29, 1.82) is 0 Å². The van der Waals surface area contributed by atoms with Gasteiger partial charge in [-0.3, -0.25) is 4.99 Å². The largest absolute Gasteiger partial charge is 0.493 e. The topological polar surface area (TPSA) is 54.9 Å². The monoisotopic (exact) mass is 291 g/mol. The van der Waals surface area contributed by atoms with Crippen LogP contribution in [0.5, 0.6) is 11.5 Å². The van der Waals surface area contributed by atoms with Gasteiger partial charge >= 0.3 is 0 Å². The fourth-order valence-electron chi connectivity index (χ4n) is 1.98. The summed E-state index contributed by atoms with van der Waals surface area (Å²) in [5.74, 6) is 3.07. The van der Waals surface area contributed by atoms with E-state index in [1.807, 2.05) is 25.1 Å². The molecule has 2 N–H and O–H groups in total. The van der Waals surface area contributed by atoms with Crippen LogP contribution in [0.4, 0.5) is 5.69 Å². The highest BCUT2D eigenvalue weighted by atomic mass is 16.5. The number of hydrogen-bond acceptors (Lipinski definition) is 3. The molecule has 0 atom stereocenters. The van der Waals surface area contributed by atoms with Gasteiger partial charge in [-0.15, -0.1) is 0 Å². The van der Waals surface area contributed by atoms with E-state index in [2.05, 4.69) is 22.5 Å². The Hall–Kier alpha value is -1.91. The number of methoxy groups -OCH3 is 1. The van der Waals surface area contributed by atoms with Crippen LogP contribution >= 0.6 is 0 Å². The lowest BCUT2D eigenvalue weighted by molar-refractivity contribution is 0.311. The molecule has 0 unspecified atom stereocenters. The molecule has 0 aliphatic heterocycles. The van der Waals surface area contributed by atoms with Crippen LogP contribution in [0.1, 0.15) is 26.7 Å². The molecule has 0 amide bonds. The highest BCUT2D eigenvalue weighted by molar-refractivity contribution is 5.93. The van der Waals surface area contributed by atoms with Crippen LogP contribution in [0, 0.1) is 5.92 Å². The molecule has 21 heavy (non-hydrogen) atoms. The molecule has 1 aliphatic carbocycles. The van der Waals surface area contributed by atoms with E-state index in [1.165, 1.54) is 12.8 Å². The third kappa shape index (κ3) is 4.85. The van der Waals surface area contributed by atoms with Crippen molar-refractivity contribution in [3.8, 4) is 11.5 Å². The van der Waals surface area contributed by atoms with Crippen LogP contribution in [-0.4, -0.2) is 32.8 Å². The summed E-state index contributed by atoms with van der Waals surface area (Å²) in [7, 11) is 1.65. The van der Waals surface area contributed by atoms with E-state index in [-0.39, 0.29) is 0 Å². The minimum Gasteiger partial charge on any atom is -0.493 e. The van der Waals surface area contributed by atoms with Gasteiger partial charge in [0.25, 0.3) is 0 Å². The van der Waals surface area contributed by atoms with E-state index in [0.29, 0.717) is 6.61 Å². The summed E-state index contributed by atoms with van der Waals surface area (Å²) in [5.41, 5.74) is 0.936. The lowest BCUT2D eigenvalue weighted by Gasteiger charge is -2.14. The van der Waals surface area contributed by atoms with Gasteiger partial charge in [0.05, 0.1) is 13.7 Å². The number of rotatable bonds is 7. The second-order valence-corrected chi connectivity index (χ2v) is 5.09. The fourth-order valence-corrected chi connectivity index (χ4v) is 1.98. The number of anilines is 1. The average Bonchev–Trinajstić information content (AvgIpc) is 3.31. The van der Waals surface area contributed by atoms with Gasteiger partial charge in [0.15, 0.2) is 17.5 Å². The molecular weight excluding hydrogens is 266 g/mol. The minimum absolute atomic E-state index is 0.620. The normalized spacial score (nSPS) is 14.7. The van der Waals surface area contributed by atoms with E-state index in [1.54, 1.807) is 7.11 Å². The zero-order chi connectivity index (χ0) is 15.1. The Morgan fingerprint density at radius 2 is 2.10 bits per heavy atom. The van der Waals surface area contributed by atoms with Crippen LogP contribution in [0.25, 0.3) is 0 Å². The number of nitrogens with one attached hydrogen (secondary N) is 2. The van der Waals surface area contributed by atoms with Crippen molar-refractivity contribution in [1.82, 2.24) is 5.32 Å². The Morgan fingerprint density at radius 3 is 2.71 bits per heavy atom. The van der Waals surface area contributed by atoms with Crippen molar-refractivity contribution in [3.05, 3.63) is 18.2 Å². The quantitative estimate of drug-likeness (QED) is 0.599.